The van der Waals surface area contributed by atoms with E-state index in [4.69, 9.17) is 16.0 Å². The number of halogens is 1. The molecule has 0 radical (unpaired) electrons. The van der Waals surface area contributed by atoms with E-state index in [2.05, 4.69) is 20.9 Å². The van der Waals surface area contributed by atoms with Crippen LogP contribution in [0.15, 0.2) is 68.9 Å². The van der Waals surface area contributed by atoms with Crippen LogP contribution in [0.2, 0.25) is 5.02 Å². The number of benzene rings is 2. The molecule has 8 nitrogen and oxygen atoms in total. The van der Waals surface area contributed by atoms with Gasteiger partial charge in [0.05, 0.1) is 9.83 Å². The number of aliphatic imine (C=N–C) groups is 1. The lowest BCUT2D eigenvalue weighted by atomic mass is 10.1. The number of hydrogen-bond acceptors (Lipinski definition) is 7. The van der Waals surface area contributed by atoms with Crippen LogP contribution in [0.4, 0.5) is 11.4 Å². The van der Waals surface area contributed by atoms with E-state index >= 15 is 0 Å². The number of non-ortho nitro benzene ring substituents is 1. The molecule has 0 bridgehead atoms. The number of amidine groups is 1. The van der Waals surface area contributed by atoms with Crippen molar-refractivity contribution < 1.29 is 14.1 Å². The van der Waals surface area contributed by atoms with Gasteiger partial charge < -0.3 is 14.2 Å². The zero-order valence-electron chi connectivity index (χ0n) is 18.8. The van der Waals surface area contributed by atoms with Crippen LogP contribution >= 0.6 is 23.4 Å². The van der Waals surface area contributed by atoms with Gasteiger partial charge in [-0.1, -0.05) is 29.8 Å². The lowest BCUT2D eigenvalue weighted by Crippen LogP contribution is -2.47. The number of aryl methyl sites for hydroxylation is 1. The Bertz CT molecular complexity index is 1380. The Balaban J connectivity index is 1.23. The number of nitro benzene ring substituents is 1. The molecular weight excluding hydrogens is 488 g/mol. The molecule has 0 aliphatic carbocycles. The van der Waals surface area contributed by atoms with Gasteiger partial charge in [0.1, 0.15) is 11.5 Å². The van der Waals surface area contributed by atoms with Crippen LogP contribution in [-0.2, 0) is 4.79 Å². The number of carbonyl (C=O) groups excluding carboxylic acids is 1. The minimum atomic E-state index is -0.447. The van der Waals surface area contributed by atoms with Gasteiger partial charge in [0.2, 0.25) is 0 Å². The van der Waals surface area contributed by atoms with E-state index in [1.807, 2.05) is 19.1 Å². The molecule has 1 fully saturated rings. The molecule has 1 aromatic heterocycles. The molecule has 3 heterocycles. The van der Waals surface area contributed by atoms with Gasteiger partial charge in [-0.25, -0.2) is 0 Å². The first-order valence-electron chi connectivity index (χ1n) is 11.0. The van der Waals surface area contributed by atoms with Gasteiger partial charge in [-0.05, 0) is 48.5 Å². The number of hydrogen-bond donors (Lipinski definition) is 0. The predicted octanol–water partition coefficient (Wildman–Crippen LogP) is 5.61. The third-order valence-corrected chi connectivity index (χ3v) is 7.37. The minimum absolute atomic E-state index is 0.0102. The Morgan fingerprint density at radius 1 is 1.09 bits per heavy atom. The summed E-state index contributed by atoms with van der Waals surface area (Å²) < 4.78 is 5.83. The third-order valence-electron chi connectivity index (χ3n) is 5.92. The Morgan fingerprint density at radius 2 is 1.86 bits per heavy atom. The first kappa shape index (κ1) is 23.2. The second kappa shape index (κ2) is 9.59. The normalized spacial score (nSPS) is 17.3. The van der Waals surface area contributed by atoms with E-state index in [0.717, 1.165) is 42.5 Å². The number of amides is 1. The van der Waals surface area contributed by atoms with Gasteiger partial charge in [0.25, 0.3) is 11.6 Å². The Labute approximate surface area is 211 Å². The average molecular weight is 509 g/mol. The fourth-order valence-corrected chi connectivity index (χ4v) is 5.07. The number of nitrogens with zero attached hydrogens (tertiary/aromatic N) is 4. The van der Waals surface area contributed by atoms with E-state index in [-0.39, 0.29) is 11.6 Å². The zero-order chi connectivity index (χ0) is 24.5. The molecular formula is C25H21ClN4O4S. The quantitative estimate of drug-likeness (QED) is 0.257. The summed E-state index contributed by atoms with van der Waals surface area (Å²) in [6.07, 6.45) is 1.66. The fraction of sp³-hybridized carbons (Fsp3) is 0.200. The number of carbonyl (C=O) groups is 1. The molecule has 0 spiro atoms. The van der Waals surface area contributed by atoms with Gasteiger partial charge in [0.15, 0.2) is 5.17 Å². The van der Waals surface area contributed by atoms with Gasteiger partial charge in [-0.2, -0.15) is 4.99 Å². The van der Waals surface area contributed by atoms with E-state index in [1.54, 1.807) is 30.3 Å². The number of nitro groups is 1. The average Bonchev–Trinajstić information content (AvgIpc) is 3.48. The number of thioether (sulfide) groups is 1. The maximum absolute atomic E-state index is 12.5. The van der Waals surface area contributed by atoms with Crippen LogP contribution in [0.5, 0.6) is 0 Å². The van der Waals surface area contributed by atoms with Crippen LogP contribution in [0, 0.1) is 17.0 Å². The maximum Gasteiger partial charge on any atom is 0.286 e. The monoisotopic (exact) mass is 508 g/mol. The van der Waals surface area contributed by atoms with E-state index in [9.17, 15) is 14.9 Å². The van der Waals surface area contributed by atoms with Gasteiger partial charge >= 0.3 is 0 Å². The van der Waals surface area contributed by atoms with Crippen molar-refractivity contribution in [3.63, 3.8) is 0 Å². The summed E-state index contributed by atoms with van der Waals surface area (Å²) in [6, 6.07) is 15.8. The largest absolute Gasteiger partial charge is 0.457 e. The summed E-state index contributed by atoms with van der Waals surface area (Å²) >= 11 is 7.61. The van der Waals surface area contributed by atoms with Crippen LogP contribution in [-0.4, -0.2) is 47.1 Å². The minimum Gasteiger partial charge on any atom is -0.457 e. The number of furan rings is 1. The van der Waals surface area contributed by atoms with Gasteiger partial charge in [0, 0.05) is 60.7 Å². The molecule has 5 rings (SSSR count). The topological polar surface area (TPSA) is 92.2 Å². The predicted molar refractivity (Wildman–Crippen MR) is 139 cm³/mol. The Kier molecular flexibility index (Phi) is 6.36. The van der Waals surface area contributed by atoms with Crippen LogP contribution in [0.3, 0.4) is 0 Å². The van der Waals surface area contributed by atoms with Crippen molar-refractivity contribution >= 4 is 51.9 Å². The highest BCUT2D eigenvalue weighted by atomic mass is 35.5. The molecule has 0 N–H and O–H groups in total. The van der Waals surface area contributed by atoms with Crippen molar-refractivity contribution in [2.24, 2.45) is 4.99 Å². The molecule has 3 aromatic rings. The molecule has 0 saturated carbocycles. The van der Waals surface area contributed by atoms with Crippen LogP contribution in [0.25, 0.3) is 17.4 Å². The standard InChI is InChI=1S/C25H21ClN4O4S/c1-16-5-6-18(14-21(16)26)28-9-11-29(12-10-28)25-27-24(31)23(35-25)15-20-7-8-22(34-20)17-3-2-4-19(13-17)30(32)33/h2-8,13-15H,9-12H2,1H3. The van der Waals surface area contributed by atoms with Crippen LogP contribution in [0.1, 0.15) is 11.3 Å². The van der Waals surface area contributed by atoms with Crippen molar-refractivity contribution in [1.29, 1.82) is 0 Å². The zero-order valence-corrected chi connectivity index (χ0v) is 20.4. The SMILES string of the molecule is Cc1ccc(N2CCN(C3=NC(=O)C(=Cc4ccc(-c5cccc([N+](=O)[O-])c5)o4)S3)CC2)cc1Cl. The molecule has 10 heteroatoms. The summed E-state index contributed by atoms with van der Waals surface area (Å²) in [5.74, 6) is 0.676. The number of piperazine rings is 1. The van der Waals surface area contributed by atoms with Crippen molar-refractivity contribution in [3.05, 3.63) is 86.0 Å². The summed E-state index contributed by atoms with van der Waals surface area (Å²) in [4.78, 5) is 32.2. The fourth-order valence-electron chi connectivity index (χ4n) is 3.96. The summed E-state index contributed by atoms with van der Waals surface area (Å²) in [7, 11) is 0. The summed E-state index contributed by atoms with van der Waals surface area (Å²) in [5.41, 5.74) is 2.73. The van der Waals surface area contributed by atoms with Crippen molar-refractivity contribution in [3.8, 4) is 11.3 Å². The Hall–Kier alpha value is -3.56. The first-order chi connectivity index (χ1) is 16.9. The second-order valence-corrected chi connectivity index (χ2v) is 9.64. The molecule has 0 atom stereocenters. The lowest BCUT2D eigenvalue weighted by molar-refractivity contribution is -0.384. The molecule has 178 valence electrons. The molecule has 0 unspecified atom stereocenters. The highest BCUT2D eigenvalue weighted by Crippen LogP contribution is 2.33. The molecule has 2 aliphatic heterocycles. The molecule has 2 aliphatic rings. The molecule has 35 heavy (non-hydrogen) atoms. The second-order valence-electron chi connectivity index (χ2n) is 8.23. The lowest BCUT2D eigenvalue weighted by Gasteiger charge is -2.36. The number of rotatable bonds is 4. The third kappa shape index (κ3) is 4.96. The van der Waals surface area contributed by atoms with Gasteiger partial charge in [-0.15, -0.1) is 0 Å². The maximum atomic E-state index is 12.5. The highest BCUT2D eigenvalue weighted by molar-refractivity contribution is 8.18. The van der Waals surface area contributed by atoms with E-state index in [1.165, 1.54) is 23.9 Å². The van der Waals surface area contributed by atoms with Crippen molar-refractivity contribution in [2.75, 3.05) is 31.1 Å². The molecule has 1 amide bonds. The highest BCUT2D eigenvalue weighted by Gasteiger charge is 2.29. The first-order valence-corrected chi connectivity index (χ1v) is 12.2. The number of anilines is 1. The Morgan fingerprint density at radius 3 is 2.60 bits per heavy atom. The summed E-state index contributed by atoms with van der Waals surface area (Å²) in [5, 5.41) is 12.5. The molecule has 2 aromatic carbocycles. The van der Waals surface area contributed by atoms with Crippen molar-refractivity contribution in [1.82, 2.24) is 4.90 Å². The van der Waals surface area contributed by atoms with Crippen molar-refractivity contribution in [2.45, 2.75) is 6.92 Å². The van der Waals surface area contributed by atoms with E-state index in [0.29, 0.717) is 27.2 Å². The van der Waals surface area contributed by atoms with Crippen LogP contribution < -0.4 is 4.90 Å². The van der Waals surface area contributed by atoms with Gasteiger partial charge in [-0.3, -0.25) is 14.9 Å². The molecule has 1 saturated heterocycles. The summed E-state index contributed by atoms with van der Waals surface area (Å²) in [6.45, 7) is 5.08. The van der Waals surface area contributed by atoms with E-state index < -0.39 is 4.92 Å². The smallest absolute Gasteiger partial charge is 0.286 e.